The molecular formula is C24H32BN5O6S. The van der Waals surface area contributed by atoms with Crippen LogP contribution in [0.15, 0.2) is 70.6 Å². The van der Waals surface area contributed by atoms with Crippen LogP contribution in [-0.4, -0.2) is 50.8 Å². The maximum Gasteiger partial charge on any atom is 0.494 e. The highest BCUT2D eigenvalue weighted by Crippen LogP contribution is 2.41. The fourth-order valence-corrected chi connectivity index (χ4v) is 4.98. The number of nitrogens with zero attached hydrogens (tertiary/aromatic N) is 1. The van der Waals surface area contributed by atoms with E-state index in [9.17, 15) is 23.0 Å². The van der Waals surface area contributed by atoms with E-state index >= 15 is 0 Å². The van der Waals surface area contributed by atoms with Crippen LogP contribution in [0.1, 0.15) is 37.7 Å². The molecule has 0 heterocycles. The summed E-state index contributed by atoms with van der Waals surface area (Å²) in [5.41, 5.74) is 10.3. The van der Waals surface area contributed by atoms with Gasteiger partial charge in [-0.3, -0.25) is 18.7 Å². The molecule has 0 aromatic heterocycles. The van der Waals surface area contributed by atoms with Gasteiger partial charge in [0.1, 0.15) is 5.41 Å². The Labute approximate surface area is 216 Å². The first-order valence-corrected chi connectivity index (χ1v) is 13.4. The van der Waals surface area contributed by atoms with Gasteiger partial charge < -0.3 is 27.1 Å². The van der Waals surface area contributed by atoms with E-state index < -0.39 is 40.4 Å². The van der Waals surface area contributed by atoms with Crippen molar-refractivity contribution in [3.05, 3.63) is 66.2 Å². The average molecular weight is 529 g/mol. The Morgan fingerprint density at radius 2 is 1.68 bits per heavy atom. The Morgan fingerprint density at radius 1 is 1.05 bits per heavy atom. The van der Waals surface area contributed by atoms with E-state index in [1.54, 1.807) is 6.07 Å². The third-order valence-corrected chi connectivity index (χ3v) is 7.56. The molecule has 1 aliphatic carbocycles. The lowest BCUT2D eigenvalue weighted by molar-refractivity contribution is -0.150. The van der Waals surface area contributed by atoms with E-state index in [2.05, 4.69) is 15.6 Å². The van der Waals surface area contributed by atoms with Crippen molar-refractivity contribution in [2.75, 3.05) is 6.54 Å². The highest BCUT2D eigenvalue weighted by molar-refractivity contribution is 7.87. The number of hydrogen-bond donors (Lipinski definition) is 5. The lowest BCUT2D eigenvalue weighted by atomic mass is 9.66. The zero-order valence-electron chi connectivity index (χ0n) is 20.4. The number of carbonyl (C=O) groups is 2. The number of aliphatic imine (C=N–C) groups is 1. The predicted octanol–water partition coefficient (Wildman–Crippen LogP) is 0.437. The van der Waals surface area contributed by atoms with E-state index in [0.717, 1.165) is 5.56 Å². The Balaban J connectivity index is 1.71. The van der Waals surface area contributed by atoms with Crippen LogP contribution in [0.5, 0.6) is 0 Å². The van der Waals surface area contributed by atoms with Crippen LogP contribution in [0.25, 0.3) is 0 Å². The largest absolute Gasteiger partial charge is 0.494 e. The summed E-state index contributed by atoms with van der Waals surface area (Å²) in [5, 5.41) is 16.2. The van der Waals surface area contributed by atoms with Crippen molar-refractivity contribution in [2.24, 2.45) is 21.9 Å². The minimum Gasteiger partial charge on any atom is -0.425 e. The Hall–Kier alpha value is -3.42. The van der Waals surface area contributed by atoms with Crippen molar-refractivity contribution in [2.45, 2.75) is 49.5 Å². The SMILES string of the molecule is NC(N)=NCCC[C@H](NC(=O)C1(C(=O)NCc2ccccc2)CCC1)B(O)OS(=O)(=O)c1ccccc1. The first-order chi connectivity index (χ1) is 17.6. The third kappa shape index (κ3) is 7.54. The molecule has 0 aliphatic heterocycles. The van der Waals surface area contributed by atoms with Crippen LogP contribution in [0.2, 0.25) is 0 Å². The van der Waals surface area contributed by atoms with Crippen LogP contribution in [-0.2, 0) is 30.4 Å². The second-order valence-corrected chi connectivity index (χ2v) is 10.5. The molecule has 1 aliphatic rings. The van der Waals surface area contributed by atoms with Crippen LogP contribution in [0.3, 0.4) is 0 Å². The lowest BCUT2D eigenvalue weighted by Gasteiger charge is -2.39. The molecule has 2 aromatic carbocycles. The molecule has 11 nitrogen and oxygen atoms in total. The van der Waals surface area contributed by atoms with Crippen LogP contribution in [0, 0.1) is 5.41 Å². The molecule has 0 bridgehead atoms. The maximum atomic E-state index is 13.3. The molecule has 0 unspecified atom stereocenters. The second kappa shape index (κ2) is 12.7. The minimum atomic E-state index is -4.32. The standard InChI is InChI=1S/C24H32BN5O6S/c26-23(27)28-16-7-13-20(25(33)36-37(34,35)19-11-5-2-6-12-19)30-22(32)24(14-8-15-24)21(31)29-17-18-9-3-1-4-10-18/h1-6,9-12,20,33H,7-8,13-17H2,(H,29,31)(H,30,32)(H4,26,27,28)/t20-/m0/s1. The van der Waals surface area contributed by atoms with E-state index in [0.29, 0.717) is 25.7 Å². The average Bonchev–Trinajstić information content (AvgIpc) is 2.84. The number of rotatable bonds is 13. The van der Waals surface area contributed by atoms with Crippen LogP contribution in [0.4, 0.5) is 0 Å². The number of nitrogens with one attached hydrogen (secondary N) is 2. The summed E-state index contributed by atoms with van der Waals surface area (Å²) in [5.74, 6) is -2.28. The lowest BCUT2D eigenvalue weighted by Crippen LogP contribution is -2.59. The zero-order valence-corrected chi connectivity index (χ0v) is 21.2. The van der Waals surface area contributed by atoms with Gasteiger partial charge in [0.2, 0.25) is 11.8 Å². The van der Waals surface area contributed by atoms with Gasteiger partial charge in [-0.25, -0.2) is 0 Å². The number of hydrogen-bond acceptors (Lipinski definition) is 7. The summed E-state index contributed by atoms with van der Waals surface area (Å²) in [7, 11) is -6.22. The van der Waals surface area contributed by atoms with Gasteiger partial charge >= 0.3 is 7.12 Å². The molecule has 13 heteroatoms. The van der Waals surface area contributed by atoms with Gasteiger partial charge in [-0.1, -0.05) is 55.0 Å². The molecule has 37 heavy (non-hydrogen) atoms. The fraction of sp³-hybridized carbons (Fsp3) is 0.375. The number of nitrogens with two attached hydrogens (primary N) is 2. The molecule has 7 N–H and O–H groups in total. The monoisotopic (exact) mass is 529 g/mol. The highest BCUT2D eigenvalue weighted by atomic mass is 32.2. The highest BCUT2D eigenvalue weighted by Gasteiger charge is 2.51. The van der Waals surface area contributed by atoms with Gasteiger partial charge in [0.05, 0.1) is 10.8 Å². The quantitative estimate of drug-likeness (QED) is 0.0813. The van der Waals surface area contributed by atoms with Crippen molar-refractivity contribution in [1.82, 2.24) is 10.6 Å². The van der Waals surface area contributed by atoms with Crippen molar-refractivity contribution < 1.29 is 27.1 Å². The Morgan fingerprint density at radius 3 is 2.24 bits per heavy atom. The molecule has 3 rings (SSSR count). The maximum absolute atomic E-state index is 13.3. The van der Waals surface area contributed by atoms with Crippen molar-refractivity contribution in [3.8, 4) is 0 Å². The Bertz CT molecular complexity index is 1190. The molecule has 0 spiro atoms. The van der Waals surface area contributed by atoms with Crippen LogP contribution < -0.4 is 22.1 Å². The minimum absolute atomic E-state index is 0.0930. The summed E-state index contributed by atoms with van der Waals surface area (Å²) in [6, 6.07) is 16.6. The van der Waals surface area contributed by atoms with Gasteiger partial charge in [-0.2, -0.15) is 8.42 Å². The first-order valence-electron chi connectivity index (χ1n) is 12.0. The summed E-state index contributed by atoms with van der Waals surface area (Å²) >= 11 is 0. The topological polar surface area (TPSA) is 186 Å². The zero-order chi connectivity index (χ0) is 26.9. The number of carbonyl (C=O) groups excluding carboxylic acids is 2. The van der Waals surface area contributed by atoms with Crippen LogP contribution >= 0.6 is 0 Å². The van der Waals surface area contributed by atoms with Gasteiger partial charge in [0, 0.05) is 13.1 Å². The molecular weight excluding hydrogens is 497 g/mol. The molecule has 0 radical (unpaired) electrons. The molecule has 2 aromatic rings. The summed E-state index contributed by atoms with van der Waals surface area (Å²) in [6.45, 7) is 0.452. The second-order valence-electron chi connectivity index (χ2n) is 8.89. The third-order valence-electron chi connectivity index (χ3n) is 6.26. The smallest absolute Gasteiger partial charge is 0.425 e. The summed E-state index contributed by atoms with van der Waals surface area (Å²) in [6.07, 6.45) is 1.75. The predicted molar refractivity (Wildman–Crippen MR) is 139 cm³/mol. The van der Waals surface area contributed by atoms with Gasteiger partial charge in [0.25, 0.3) is 10.1 Å². The number of benzene rings is 2. The van der Waals surface area contributed by atoms with E-state index in [1.165, 1.54) is 24.3 Å². The van der Waals surface area contributed by atoms with Gasteiger partial charge in [-0.15, -0.1) is 0 Å². The van der Waals surface area contributed by atoms with Crippen molar-refractivity contribution >= 4 is 35.0 Å². The van der Waals surface area contributed by atoms with Gasteiger partial charge in [0.15, 0.2) is 5.96 Å². The molecule has 1 atom stereocenters. The fourth-order valence-electron chi connectivity index (χ4n) is 3.99. The van der Waals surface area contributed by atoms with Crippen molar-refractivity contribution in [1.29, 1.82) is 0 Å². The van der Waals surface area contributed by atoms with E-state index in [4.69, 9.17) is 15.6 Å². The molecule has 198 valence electrons. The van der Waals surface area contributed by atoms with Crippen molar-refractivity contribution in [3.63, 3.8) is 0 Å². The number of amides is 2. The molecule has 2 amide bonds. The summed E-state index contributed by atoms with van der Waals surface area (Å²) in [4.78, 5) is 30.1. The van der Waals surface area contributed by atoms with E-state index in [-0.39, 0.29) is 30.4 Å². The summed E-state index contributed by atoms with van der Waals surface area (Å²) < 4.78 is 30.3. The molecule has 1 saturated carbocycles. The first kappa shape index (κ1) is 28.2. The molecule has 1 fully saturated rings. The normalized spacial score (nSPS) is 15.1. The molecule has 0 saturated heterocycles. The van der Waals surface area contributed by atoms with E-state index in [1.807, 2.05) is 30.3 Å². The Kier molecular flexibility index (Phi) is 9.67. The number of guanidine groups is 1. The van der Waals surface area contributed by atoms with Gasteiger partial charge in [-0.05, 0) is 43.4 Å².